The molecule has 196 valence electrons. The van der Waals surface area contributed by atoms with Crippen LogP contribution in [-0.2, 0) is 24.3 Å². The zero-order chi connectivity index (χ0) is 26.6. The number of Topliss-reactive ketones (excluding diaryl/α,β-unsaturated/α-hetero) is 1. The summed E-state index contributed by atoms with van der Waals surface area (Å²) in [7, 11) is 1.79. The topological polar surface area (TPSA) is 73.0 Å². The van der Waals surface area contributed by atoms with Gasteiger partial charge in [-0.1, -0.05) is 54.6 Å². The predicted octanol–water partition coefficient (Wildman–Crippen LogP) is 3.52. The Morgan fingerprint density at radius 2 is 1.66 bits per heavy atom. The van der Waals surface area contributed by atoms with Crippen LogP contribution in [0.4, 0.5) is 5.69 Å². The van der Waals surface area contributed by atoms with Crippen molar-refractivity contribution in [3.05, 3.63) is 101 Å². The van der Waals surface area contributed by atoms with E-state index in [1.54, 1.807) is 29.0 Å². The fourth-order valence-corrected chi connectivity index (χ4v) is 5.35. The molecule has 0 aliphatic carbocycles. The molecule has 1 atom stereocenters. The van der Waals surface area contributed by atoms with E-state index in [0.29, 0.717) is 50.3 Å². The van der Waals surface area contributed by atoms with Crippen LogP contribution in [0.3, 0.4) is 0 Å². The average molecular weight is 511 g/mol. The lowest BCUT2D eigenvalue weighted by Gasteiger charge is -2.28. The number of rotatable bonds is 7. The largest absolute Gasteiger partial charge is 0.369 e. The van der Waals surface area contributed by atoms with E-state index < -0.39 is 0 Å². The summed E-state index contributed by atoms with van der Waals surface area (Å²) in [4.78, 5) is 45.5. The molecule has 0 bridgehead atoms. The first-order chi connectivity index (χ1) is 18.4. The highest BCUT2D eigenvalue weighted by Crippen LogP contribution is 2.28. The second-order valence-electron chi connectivity index (χ2n) is 10.1. The lowest BCUT2D eigenvalue weighted by atomic mass is 9.93. The normalized spacial score (nSPS) is 16.9. The third-order valence-electron chi connectivity index (χ3n) is 7.55. The predicted molar refractivity (Wildman–Crippen MR) is 148 cm³/mol. The number of carbonyl (C=O) groups excluding carboxylic acids is 3. The lowest BCUT2D eigenvalue weighted by Crippen LogP contribution is -2.48. The van der Waals surface area contributed by atoms with E-state index in [4.69, 9.17) is 0 Å². The summed E-state index contributed by atoms with van der Waals surface area (Å²) in [5, 5.41) is 3.34. The number of likely N-dealkylation sites (N-methyl/N-ethyl adjacent to an activating group) is 1. The molecule has 0 saturated heterocycles. The average Bonchev–Trinajstić information content (AvgIpc) is 3.08. The van der Waals surface area contributed by atoms with Crippen LogP contribution in [0.1, 0.15) is 44.3 Å². The number of amides is 2. The maximum atomic E-state index is 13.6. The molecule has 7 nitrogen and oxygen atoms in total. The van der Waals surface area contributed by atoms with Crippen molar-refractivity contribution >= 4 is 23.3 Å². The molecule has 3 aromatic carbocycles. The maximum Gasteiger partial charge on any atom is 0.256 e. The van der Waals surface area contributed by atoms with Gasteiger partial charge in [0.15, 0.2) is 5.78 Å². The van der Waals surface area contributed by atoms with Gasteiger partial charge in [0.05, 0.1) is 23.8 Å². The van der Waals surface area contributed by atoms with Crippen molar-refractivity contribution in [2.75, 3.05) is 38.1 Å². The first-order valence-corrected chi connectivity index (χ1v) is 13.2. The lowest BCUT2D eigenvalue weighted by molar-refractivity contribution is -0.121. The number of nitrogens with zero attached hydrogens (tertiary/aromatic N) is 3. The molecule has 3 aromatic rings. The summed E-state index contributed by atoms with van der Waals surface area (Å²) in [6, 6.07) is 23.0. The van der Waals surface area contributed by atoms with Crippen LogP contribution in [0.25, 0.3) is 0 Å². The number of nitrogens with one attached hydrogen (secondary N) is 1. The smallest absolute Gasteiger partial charge is 0.256 e. The van der Waals surface area contributed by atoms with Crippen LogP contribution in [-0.4, -0.2) is 66.7 Å². The van der Waals surface area contributed by atoms with Crippen LogP contribution in [0.5, 0.6) is 0 Å². The zero-order valence-electron chi connectivity index (χ0n) is 22.0. The van der Waals surface area contributed by atoms with Gasteiger partial charge in [0.2, 0.25) is 0 Å². The van der Waals surface area contributed by atoms with E-state index >= 15 is 0 Å². The standard InChI is InChI=1S/C31H34N4O3/c1-3-34-15-16-35(21-29(36)27-17-23-11-7-8-12-25(23)19-32-27)31(38)26-14-13-24(18-28(26)34)30(37)33(2)20-22-9-5-4-6-10-22/h4-14,18,27,32H,3,15-17,19-21H2,1-2H3/t27-/m0/s1. The van der Waals surface area contributed by atoms with Crippen molar-refractivity contribution in [3.8, 4) is 0 Å². The Morgan fingerprint density at radius 3 is 2.42 bits per heavy atom. The Kier molecular flexibility index (Phi) is 7.56. The third kappa shape index (κ3) is 5.34. The minimum Gasteiger partial charge on any atom is -0.369 e. The molecule has 38 heavy (non-hydrogen) atoms. The zero-order valence-corrected chi connectivity index (χ0v) is 22.0. The van der Waals surface area contributed by atoms with Crippen LogP contribution in [0.2, 0.25) is 0 Å². The number of anilines is 1. The Hall–Kier alpha value is -3.97. The second-order valence-corrected chi connectivity index (χ2v) is 10.1. The molecule has 7 heteroatoms. The van der Waals surface area contributed by atoms with Gasteiger partial charge in [-0.15, -0.1) is 0 Å². The van der Waals surface area contributed by atoms with Gasteiger partial charge in [0.1, 0.15) is 0 Å². The molecule has 2 amide bonds. The molecule has 2 heterocycles. The summed E-state index contributed by atoms with van der Waals surface area (Å²) in [6.45, 7) is 5.00. The Morgan fingerprint density at radius 1 is 0.947 bits per heavy atom. The highest BCUT2D eigenvalue weighted by atomic mass is 16.2. The number of ketones is 1. The van der Waals surface area contributed by atoms with Crippen molar-refractivity contribution in [2.24, 2.45) is 0 Å². The van der Waals surface area contributed by atoms with E-state index in [1.807, 2.05) is 55.5 Å². The number of benzene rings is 3. The fraction of sp³-hybridized carbons (Fsp3) is 0.323. The number of carbonyl (C=O) groups is 3. The van der Waals surface area contributed by atoms with E-state index in [0.717, 1.165) is 11.3 Å². The number of fused-ring (bicyclic) bond motifs is 2. The summed E-state index contributed by atoms with van der Waals surface area (Å²) < 4.78 is 0. The van der Waals surface area contributed by atoms with Crippen molar-refractivity contribution < 1.29 is 14.4 Å². The molecule has 1 N–H and O–H groups in total. The highest BCUT2D eigenvalue weighted by Gasteiger charge is 2.31. The maximum absolute atomic E-state index is 13.6. The number of hydrogen-bond acceptors (Lipinski definition) is 5. The fourth-order valence-electron chi connectivity index (χ4n) is 5.35. The van der Waals surface area contributed by atoms with Gasteiger partial charge in [-0.25, -0.2) is 0 Å². The molecule has 0 aromatic heterocycles. The summed E-state index contributed by atoms with van der Waals surface area (Å²) in [5.41, 5.74) is 5.28. The van der Waals surface area contributed by atoms with Crippen LogP contribution >= 0.6 is 0 Å². The van der Waals surface area contributed by atoms with E-state index in [1.165, 1.54) is 11.1 Å². The molecule has 0 radical (unpaired) electrons. The Labute approximate surface area is 224 Å². The van der Waals surface area contributed by atoms with Crippen molar-refractivity contribution in [3.63, 3.8) is 0 Å². The van der Waals surface area contributed by atoms with Gasteiger partial charge in [-0.2, -0.15) is 0 Å². The van der Waals surface area contributed by atoms with Gasteiger partial charge in [0, 0.05) is 45.3 Å². The van der Waals surface area contributed by atoms with Crippen LogP contribution in [0.15, 0.2) is 72.8 Å². The highest BCUT2D eigenvalue weighted by molar-refractivity contribution is 6.04. The molecule has 0 saturated carbocycles. The van der Waals surface area contributed by atoms with Crippen molar-refractivity contribution in [2.45, 2.75) is 32.5 Å². The Balaban J connectivity index is 1.32. The molecule has 0 fully saturated rings. The first kappa shape index (κ1) is 25.7. The molecule has 2 aliphatic heterocycles. The van der Waals surface area contributed by atoms with E-state index in [2.05, 4.69) is 22.3 Å². The van der Waals surface area contributed by atoms with Gasteiger partial charge < -0.3 is 20.0 Å². The molecular formula is C31H34N4O3. The van der Waals surface area contributed by atoms with E-state index in [9.17, 15) is 14.4 Å². The quantitative estimate of drug-likeness (QED) is 0.527. The third-order valence-corrected chi connectivity index (χ3v) is 7.55. The summed E-state index contributed by atoms with van der Waals surface area (Å²) >= 11 is 0. The minimum atomic E-state index is -0.303. The number of hydrogen-bond donors (Lipinski definition) is 1. The molecule has 0 spiro atoms. The monoisotopic (exact) mass is 510 g/mol. The van der Waals surface area contributed by atoms with Crippen molar-refractivity contribution in [1.29, 1.82) is 0 Å². The van der Waals surface area contributed by atoms with Gasteiger partial charge >= 0.3 is 0 Å². The van der Waals surface area contributed by atoms with E-state index in [-0.39, 0.29) is 30.2 Å². The van der Waals surface area contributed by atoms with Gasteiger partial charge in [-0.05, 0) is 48.2 Å². The van der Waals surface area contributed by atoms with Crippen molar-refractivity contribution in [1.82, 2.24) is 15.1 Å². The first-order valence-electron chi connectivity index (χ1n) is 13.2. The SMILES string of the molecule is CCN1CCN(CC(=O)[C@@H]2Cc3ccccc3CN2)C(=O)c2ccc(C(=O)N(C)Cc3ccccc3)cc21. The van der Waals surface area contributed by atoms with Gasteiger partial charge in [0.25, 0.3) is 11.8 Å². The molecule has 2 aliphatic rings. The molecule has 5 rings (SSSR count). The van der Waals surface area contributed by atoms with Crippen LogP contribution in [0, 0.1) is 0 Å². The Bertz CT molecular complexity index is 1340. The second kappa shape index (κ2) is 11.2. The summed E-state index contributed by atoms with van der Waals surface area (Å²) in [6.07, 6.45) is 0.636. The minimum absolute atomic E-state index is 0.0219. The van der Waals surface area contributed by atoms with Gasteiger partial charge in [-0.3, -0.25) is 14.4 Å². The summed E-state index contributed by atoms with van der Waals surface area (Å²) in [5.74, 6) is -0.245. The molecule has 0 unspecified atom stereocenters. The van der Waals surface area contributed by atoms with Crippen LogP contribution < -0.4 is 10.2 Å². The molecular weight excluding hydrogens is 476 g/mol.